The zero-order chi connectivity index (χ0) is 15.2. The number of rotatable bonds is 5. The quantitative estimate of drug-likeness (QED) is 0.825. The monoisotopic (exact) mass is 285 g/mol. The Morgan fingerprint density at radius 1 is 1.19 bits per heavy atom. The average molecular weight is 285 g/mol. The molecule has 5 nitrogen and oxygen atoms in total. The van der Waals surface area contributed by atoms with Gasteiger partial charge in [0.15, 0.2) is 0 Å². The van der Waals surface area contributed by atoms with Crippen LogP contribution in [-0.4, -0.2) is 22.3 Å². The number of para-hydroxylation sites is 1. The Morgan fingerprint density at radius 3 is 2.62 bits per heavy atom. The van der Waals surface area contributed by atoms with Gasteiger partial charge in [0.05, 0.1) is 0 Å². The van der Waals surface area contributed by atoms with E-state index in [9.17, 15) is 9.59 Å². The number of pyridine rings is 1. The SMILES string of the molecule is CCCN(Cc1ccccc1N)C(=O)c1cccc(=O)[nH]1. The molecule has 0 radical (unpaired) electrons. The van der Waals surface area contributed by atoms with Gasteiger partial charge in [-0.25, -0.2) is 0 Å². The van der Waals surface area contributed by atoms with Crippen molar-refractivity contribution in [1.29, 1.82) is 0 Å². The Kier molecular flexibility index (Phi) is 4.77. The summed E-state index contributed by atoms with van der Waals surface area (Å²) < 4.78 is 0. The van der Waals surface area contributed by atoms with Gasteiger partial charge in [-0.05, 0) is 24.1 Å². The van der Waals surface area contributed by atoms with E-state index in [0.29, 0.717) is 24.5 Å². The fourth-order valence-electron chi connectivity index (χ4n) is 2.15. The molecule has 1 amide bonds. The van der Waals surface area contributed by atoms with Gasteiger partial charge in [-0.1, -0.05) is 31.2 Å². The molecule has 0 saturated carbocycles. The maximum Gasteiger partial charge on any atom is 0.270 e. The van der Waals surface area contributed by atoms with Crippen molar-refractivity contribution in [2.75, 3.05) is 12.3 Å². The molecule has 0 fully saturated rings. The third-order valence-corrected chi connectivity index (χ3v) is 3.20. The molecule has 0 aliphatic rings. The number of benzene rings is 1. The van der Waals surface area contributed by atoms with Gasteiger partial charge in [-0.2, -0.15) is 0 Å². The van der Waals surface area contributed by atoms with Crippen LogP contribution in [0.1, 0.15) is 29.4 Å². The minimum absolute atomic E-state index is 0.196. The van der Waals surface area contributed by atoms with Crippen molar-refractivity contribution in [3.63, 3.8) is 0 Å². The van der Waals surface area contributed by atoms with Crippen molar-refractivity contribution >= 4 is 11.6 Å². The average Bonchev–Trinajstić information content (AvgIpc) is 2.48. The number of amides is 1. The maximum absolute atomic E-state index is 12.5. The molecule has 0 aliphatic heterocycles. The van der Waals surface area contributed by atoms with E-state index in [4.69, 9.17) is 5.73 Å². The van der Waals surface area contributed by atoms with Crippen LogP contribution in [0.15, 0.2) is 47.3 Å². The standard InChI is InChI=1S/C16H19N3O2/c1-2-10-19(11-12-6-3-4-7-13(12)17)16(21)14-8-5-9-15(20)18-14/h3-9H,2,10-11,17H2,1H3,(H,18,20). The minimum atomic E-state index is -0.281. The number of nitrogens with zero attached hydrogens (tertiary/aromatic N) is 1. The Balaban J connectivity index is 2.24. The smallest absolute Gasteiger partial charge is 0.270 e. The molecule has 1 aromatic carbocycles. The Bertz CT molecular complexity index is 679. The fourth-order valence-corrected chi connectivity index (χ4v) is 2.15. The van der Waals surface area contributed by atoms with Crippen molar-refractivity contribution in [2.45, 2.75) is 19.9 Å². The first kappa shape index (κ1) is 14.8. The molecule has 5 heteroatoms. The topological polar surface area (TPSA) is 79.2 Å². The molecule has 0 atom stereocenters. The highest BCUT2D eigenvalue weighted by Crippen LogP contribution is 2.15. The summed E-state index contributed by atoms with van der Waals surface area (Å²) in [5.41, 5.74) is 7.51. The first-order chi connectivity index (χ1) is 10.1. The summed E-state index contributed by atoms with van der Waals surface area (Å²) in [6, 6.07) is 12.0. The summed E-state index contributed by atoms with van der Waals surface area (Å²) in [5.74, 6) is -0.196. The van der Waals surface area contributed by atoms with Crippen LogP contribution in [0.3, 0.4) is 0 Å². The molecule has 2 rings (SSSR count). The number of nitrogens with two attached hydrogens (primary N) is 1. The van der Waals surface area contributed by atoms with Gasteiger partial charge in [0.1, 0.15) is 5.69 Å². The molecule has 21 heavy (non-hydrogen) atoms. The number of aromatic nitrogens is 1. The van der Waals surface area contributed by atoms with Crippen molar-refractivity contribution < 1.29 is 4.79 Å². The van der Waals surface area contributed by atoms with Crippen molar-refractivity contribution in [3.8, 4) is 0 Å². The highest BCUT2D eigenvalue weighted by atomic mass is 16.2. The van der Waals surface area contributed by atoms with E-state index >= 15 is 0 Å². The molecule has 0 aliphatic carbocycles. The zero-order valence-electron chi connectivity index (χ0n) is 12.0. The second kappa shape index (κ2) is 6.74. The van der Waals surface area contributed by atoms with Gasteiger partial charge in [-0.15, -0.1) is 0 Å². The largest absolute Gasteiger partial charge is 0.398 e. The maximum atomic E-state index is 12.5. The number of carbonyl (C=O) groups is 1. The molecule has 0 spiro atoms. The lowest BCUT2D eigenvalue weighted by molar-refractivity contribution is 0.0737. The Hall–Kier alpha value is -2.56. The van der Waals surface area contributed by atoms with Crippen LogP contribution in [0, 0.1) is 0 Å². The molecule has 0 bridgehead atoms. The van der Waals surface area contributed by atoms with Crippen LogP contribution in [0.5, 0.6) is 0 Å². The number of anilines is 1. The number of hydrogen-bond acceptors (Lipinski definition) is 3. The van der Waals surface area contributed by atoms with Gasteiger partial charge in [-0.3, -0.25) is 9.59 Å². The summed E-state index contributed by atoms with van der Waals surface area (Å²) in [5, 5.41) is 0. The highest BCUT2D eigenvalue weighted by Gasteiger charge is 2.16. The van der Waals surface area contributed by atoms with E-state index in [0.717, 1.165) is 12.0 Å². The van der Waals surface area contributed by atoms with Crippen LogP contribution in [0.25, 0.3) is 0 Å². The summed E-state index contributed by atoms with van der Waals surface area (Å²) in [6.07, 6.45) is 0.829. The van der Waals surface area contributed by atoms with Gasteiger partial charge in [0.2, 0.25) is 5.56 Å². The molecular weight excluding hydrogens is 266 g/mol. The molecule has 0 unspecified atom stereocenters. The molecule has 2 aromatic rings. The highest BCUT2D eigenvalue weighted by molar-refractivity contribution is 5.92. The van der Waals surface area contributed by atoms with E-state index in [2.05, 4.69) is 4.98 Å². The summed E-state index contributed by atoms with van der Waals surface area (Å²) in [6.45, 7) is 3.03. The lowest BCUT2D eigenvalue weighted by Crippen LogP contribution is -2.33. The number of carbonyl (C=O) groups excluding carboxylic acids is 1. The van der Waals surface area contributed by atoms with Crippen LogP contribution in [-0.2, 0) is 6.54 Å². The Labute approximate surface area is 123 Å². The van der Waals surface area contributed by atoms with Gasteiger partial charge in [0.25, 0.3) is 5.91 Å². The van der Waals surface area contributed by atoms with Crippen LogP contribution < -0.4 is 11.3 Å². The van der Waals surface area contributed by atoms with Crippen molar-refractivity contribution in [2.24, 2.45) is 0 Å². The molecule has 1 aromatic heterocycles. The second-order valence-corrected chi connectivity index (χ2v) is 4.85. The van der Waals surface area contributed by atoms with E-state index in [1.807, 2.05) is 31.2 Å². The lowest BCUT2D eigenvalue weighted by Gasteiger charge is -2.22. The first-order valence-corrected chi connectivity index (χ1v) is 6.94. The predicted octanol–water partition coefficient (Wildman–Crippen LogP) is 2.01. The normalized spacial score (nSPS) is 10.3. The fraction of sp³-hybridized carbons (Fsp3) is 0.250. The zero-order valence-corrected chi connectivity index (χ0v) is 12.0. The molecule has 110 valence electrons. The van der Waals surface area contributed by atoms with Crippen LogP contribution in [0.2, 0.25) is 0 Å². The summed E-state index contributed by atoms with van der Waals surface area (Å²) >= 11 is 0. The predicted molar refractivity (Wildman–Crippen MR) is 82.9 cm³/mol. The number of hydrogen-bond donors (Lipinski definition) is 2. The van der Waals surface area contributed by atoms with Crippen molar-refractivity contribution in [1.82, 2.24) is 9.88 Å². The second-order valence-electron chi connectivity index (χ2n) is 4.85. The number of nitrogens with one attached hydrogen (secondary N) is 1. The lowest BCUT2D eigenvalue weighted by atomic mass is 10.1. The molecule has 0 saturated heterocycles. The molecular formula is C16H19N3O2. The van der Waals surface area contributed by atoms with E-state index < -0.39 is 0 Å². The summed E-state index contributed by atoms with van der Waals surface area (Å²) in [7, 11) is 0. The number of H-pyrrole nitrogens is 1. The molecule has 1 heterocycles. The minimum Gasteiger partial charge on any atom is -0.398 e. The van der Waals surface area contributed by atoms with Gasteiger partial charge < -0.3 is 15.6 Å². The third-order valence-electron chi connectivity index (χ3n) is 3.20. The van der Waals surface area contributed by atoms with E-state index in [1.54, 1.807) is 17.0 Å². The summed E-state index contributed by atoms with van der Waals surface area (Å²) in [4.78, 5) is 28.1. The third kappa shape index (κ3) is 3.72. The molecule has 3 N–H and O–H groups in total. The van der Waals surface area contributed by atoms with Gasteiger partial charge >= 0.3 is 0 Å². The van der Waals surface area contributed by atoms with Crippen molar-refractivity contribution in [3.05, 3.63) is 64.1 Å². The number of nitrogen functional groups attached to an aromatic ring is 1. The first-order valence-electron chi connectivity index (χ1n) is 6.94. The number of aromatic amines is 1. The van der Waals surface area contributed by atoms with Crippen LogP contribution >= 0.6 is 0 Å². The van der Waals surface area contributed by atoms with Crippen LogP contribution in [0.4, 0.5) is 5.69 Å². The van der Waals surface area contributed by atoms with E-state index in [-0.39, 0.29) is 11.5 Å². The van der Waals surface area contributed by atoms with E-state index in [1.165, 1.54) is 6.07 Å². The van der Waals surface area contributed by atoms with Gasteiger partial charge in [0, 0.05) is 24.8 Å². The Morgan fingerprint density at radius 2 is 1.95 bits per heavy atom.